The van der Waals surface area contributed by atoms with E-state index in [9.17, 15) is 9.90 Å². The van der Waals surface area contributed by atoms with Gasteiger partial charge in [0.1, 0.15) is 11.6 Å². The molecular weight excluding hydrogens is 375 g/mol. The lowest BCUT2D eigenvalue weighted by atomic mass is 9.85. The lowest BCUT2D eigenvalue weighted by Gasteiger charge is -2.35. The lowest BCUT2D eigenvalue weighted by Crippen LogP contribution is -2.41. The fourth-order valence-electron chi connectivity index (χ4n) is 3.30. The first kappa shape index (κ1) is 18.8. The van der Waals surface area contributed by atoms with Crippen LogP contribution in [0.5, 0.6) is 5.75 Å². The number of hydrogen-bond donors (Lipinski definition) is 3. The van der Waals surface area contributed by atoms with E-state index in [0.29, 0.717) is 35.1 Å². The third-order valence-corrected chi connectivity index (χ3v) is 5.51. The summed E-state index contributed by atoms with van der Waals surface area (Å²) in [5.41, 5.74) is 13.1. The minimum Gasteiger partial charge on any atom is -0.508 e. The van der Waals surface area contributed by atoms with Gasteiger partial charge in [-0.25, -0.2) is 4.98 Å². The summed E-state index contributed by atoms with van der Waals surface area (Å²) in [4.78, 5) is 18.3. The highest BCUT2D eigenvalue weighted by Crippen LogP contribution is 2.37. The van der Waals surface area contributed by atoms with E-state index in [-0.39, 0.29) is 28.6 Å². The second-order valence-electron chi connectivity index (χ2n) is 6.45. The molecule has 138 valence electrons. The third kappa shape index (κ3) is 3.87. The predicted molar refractivity (Wildman–Crippen MR) is 102 cm³/mol. The summed E-state index contributed by atoms with van der Waals surface area (Å²) in [6, 6.07) is 5.88. The lowest BCUT2D eigenvalue weighted by molar-refractivity contribution is 0.0677. The third-order valence-electron chi connectivity index (χ3n) is 4.79. The smallest absolute Gasteiger partial charge is 0.254 e. The van der Waals surface area contributed by atoms with Crippen LogP contribution in [0.4, 0.5) is 5.82 Å². The number of aromatic nitrogens is 1. The molecule has 1 aromatic heterocycles. The van der Waals surface area contributed by atoms with E-state index in [1.54, 1.807) is 23.1 Å². The van der Waals surface area contributed by atoms with Gasteiger partial charge in [0.2, 0.25) is 0 Å². The second-order valence-corrected chi connectivity index (χ2v) is 7.26. The van der Waals surface area contributed by atoms with Crippen molar-refractivity contribution in [1.82, 2.24) is 9.88 Å². The van der Waals surface area contributed by atoms with E-state index in [1.807, 2.05) is 0 Å². The average molecular weight is 395 g/mol. The number of nitrogens with zero attached hydrogens (tertiary/aromatic N) is 2. The molecule has 0 radical (unpaired) electrons. The molecule has 1 amide bonds. The molecule has 0 saturated carbocycles. The zero-order chi connectivity index (χ0) is 18.8. The summed E-state index contributed by atoms with van der Waals surface area (Å²) in [7, 11) is 0. The summed E-state index contributed by atoms with van der Waals surface area (Å²) >= 11 is 12.0. The van der Waals surface area contributed by atoms with Crippen LogP contribution in [0, 0.1) is 5.92 Å². The van der Waals surface area contributed by atoms with Crippen molar-refractivity contribution in [3.63, 3.8) is 0 Å². The molecule has 0 bridgehead atoms. The second kappa shape index (κ2) is 7.70. The predicted octanol–water partition coefficient (Wildman–Crippen LogP) is 3.23. The van der Waals surface area contributed by atoms with E-state index in [4.69, 9.17) is 34.7 Å². The number of benzene rings is 1. The van der Waals surface area contributed by atoms with Crippen molar-refractivity contribution in [1.29, 1.82) is 0 Å². The Morgan fingerprint density at radius 3 is 2.54 bits per heavy atom. The summed E-state index contributed by atoms with van der Waals surface area (Å²) < 4.78 is 0. The minimum absolute atomic E-state index is 0.0395. The molecule has 2 heterocycles. The first-order valence-corrected chi connectivity index (χ1v) is 9.06. The van der Waals surface area contributed by atoms with Gasteiger partial charge in [0.15, 0.2) is 0 Å². The first-order valence-electron chi connectivity index (χ1n) is 8.31. The Morgan fingerprint density at radius 2 is 1.88 bits per heavy atom. The molecule has 0 unspecified atom stereocenters. The molecule has 1 fully saturated rings. The number of phenolic OH excluding ortho intramolecular Hbond substituents is 1. The zero-order valence-corrected chi connectivity index (χ0v) is 15.5. The van der Waals surface area contributed by atoms with Gasteiger partial charge in [0.25, 0.3) is 5.91 Å². The number of pyridine rings is 1. The summed E-state index contributed by atoms with van der Waals surface area (Å²) in [6.07, 6.45) is 2.98. The molecule has 1 aliphatic heterocycles. The van der Waals surface area contributed by atoms with Crippen molar-refractivity contribution >= 4 is 34.9 Å². The van der Waals surface area contributed by atoms with E-state index in [0.717, 1.165) is 12.8 Å². The highest BCUT2D eigenvalue weighted by atomic mass is 35.5. The fourth-order valence-corrected chi connectivity index (χ4v) is 3.63. The number of nitrogen functional groups attached to an aromatic ring is 1. The summed E-state index contributed by atoms with van der Waals surface area (Å²) in [6.45, 7) is 1.17. The number of carbonyl (C=O) groups is 1. The summed E-state index contributed by atoms with van der Waals surface area (Å²) in [5, 5.41) is 10.8. The Labute approximate surface area is 161 Å². The molecule has 3 rings (SSSR count). The molecule has 0 aliphatic carbocycles. The number of likely N-dealkylation sites (tertiary alicyclic amines) is 1. The Balaban J connectivity index is 1.67. The molecule has 2 aromatic rings. The highest BCUT2D eigenvalue weighted by Gasteiger charge is 2.29. The number of aromatic hydroxyl groups is 1. The van der Waals surface area contributed by atoms with Crippen LogP contribution in [0.3, 0.4) is 0 Å². The SMILES string of the molecule is Nc1cc(C(=O)N2CCC([C@@H](N)c3cc(Cl)c(Cl)cc3O)CC2)ccn1. The largest absolute Gasteiger partial charge is 0.508 e. The first-order chi connectivity index (χ1) is 12.4. The van der Waals surface area contributed by atoms with Crippen LogP contribution < -0.4 is 11.5 Å². The zero-order valence-electron chi connectivity index (χ0n) is 14.0. The van der Waals surface area contributed by atoms with Crippen molar-refractivity contribution < 1.29 is 9.90 Å². The Kier molecular flexibility index (Phi) is 5.55. The van der Waals surface area contributed by atoms with Crippen LogP contribution >= 0.6 is 23.2 Å². The number of amides is 1. The summed E-state index contributed by atoms with van der Waals surface area (Å²) in [5.74, 6) is 0.425. The number of hydrogen-bond acceptors (Lipinski definition) is 5. The molecule has 8 heteroatoms. The van der Waals surface area contributed by atoms with Gasteiger partial charge in [0, 0.05) is 42.5 Å². The molecular formula is C18H20Cl2N4O2. The Hall–Kier alpha value is -2.02. The molecule has 6 nitrogen and oxygen atoms in total. The number of halogens is 2. The maximum Gasteiger partial charge on any atom is 0.254 e. The minimum atomic E-state index is -0.376. The normalized spacial score (nSPS) is 16.5. The van der Waals surface area contributed by atoms with Crippen LogP contribution in [0.25, 0.3) is 0 Å². The molecule has 26 heavy (non-hydrogen) atoms. The van der Waals surface area contributed by atoms with Gasteiger partial charge in [-0.05, 0) is 37.0 Å². The number of anilines is 1. The van der Waals surface area contributed by atoms with Gasteiger partial charge in [0.05, 0.1) is 10.0 Å². The van der Waals surface area contributed by atoms with Crippen molar-refractivity contribution in [3.8, 4) is 5.75 Å². The van der Waals surface area contributed by atoms with Crippen molar-refractivity contribution in [2.45, 2.75) is 18.9 Å². The number of piperidine rings is 1. The number of carbonyl (C=O) groups excluding carboxylic acids is 1. The molecule has 1 atom stereocenters. The highest BCUT2D eigenvalue weighted by molar-refractivity contribution is 6.42. The molecule has 0 spiro atoms. The Morgan fingerprint density at radius 1 is 1.23 bits per heavy atom. The number of rotatable bonds is 3. The van der Waals surface area contributed by atoms with Gasteiger partial charge in [-0.3, -0.25) is 4.79 Å². The van der Waals surface area contributed by atoms with Crippen molar-refractivity contribution in [3.05, 3.63) is 51.6 Å². The van der Waals surface area contributed by atoms with E-state index in [1.165, 1.54) is 12.3 Å². The van der Waals surface area contributed by atoms with E-state index >= 15 is 0 Å². The van der Waals surface area contributed by atoms with Crippen LogP contribution in [0.2, 0.25) is 10.0 Å². The number of nitrogens with two attached hydrogens (primary N) is 2. The maximum atomic E-state index is 12.6. The van der Waals surface area contributed by atoms with Gasteiger partial charge in [-0.15, -0.1) is 0 Å². The van der Waals surface area contributed by atoms with E-state index < -0.39 is 0 Å². The van der Waals surface area contributed by atoms with Crippen LogP contribution in [0.15, 0.2) is 30.5 Å². The van der Waals surface area contributed by atoms with Crippen molar-refractivity contribution in [2.24, 2.45) is 11.7 Å². The van der Waals surface area contributed by atoms with Gasteiger partial charge >= 0.3 is 0 Å². The number of phenols is 1. The van der Waals surface area contributed by atoms with E-state index in [2.05, 4.69) is 4.98 Å². The maximum absolute atomic E-state index is 12.6. The van der Waals surface area contributed by atoms with Crippen LogP contribution in [-0.4, -0.2) is 34.0 Å². The van der Waals surface area contributed by atoms with Crippen LogP contribution in [-0.2, 0) is 0 Å². The molecule has 1 aromatic carbocycles. The van der Waals surface area contributed by atoms with Gasteiger partial charge in [-0.1, -0.05) is 23.2 Å². The van der Waals surface area contributed by atoms with Gasteiger partial charge < -0.3 is 21.5 Å². The molecule has 1 aliphatic rings. The average Bonchev–Trinajstić information content (AvgIpc) is 2.63. The fraction of sp³-hybridized carbons (Fsp3) is 0.333. The monoisotopic (exact) mass is 394 g/mol. The Bertz CT molecular complexity index is 823. The molecule has 1 saturated heterocycles. The quantitative estimate of drug-likeness (QED) is 0.740. The van der Waals surface area contributed by atoms with Gasteiger partial charge in [-0.2, -0.15) is 0 Å². The topological polar surface area (TPSA) is 105 Å². The van der Waals surface area contributed by atoms with Crippen molar-refractivity contribution in [2.75, 3.05) is 18.8 Å². The standard InChI is InChI=1S/C18H20Cl2N4O2/c19-13-8-12(15(25)9-14(13)20)17(22)10-2-5-24(6-3-10)18(26)11-1-4-23-16(21)7-11/h1,4,7-10,17,25H,2-3,5-6,22H2,(H2,21,23)/t17-/m1/s1. The van der Waals surface area contributed by atoms with Crippen LogP contribution in [0.1, 0.15) is 34.8 Å². The molecule has 5 N–H and O–H groups in total.